The summed E-state index contributed by atoms with van der Waals surface area (Å²) < 4.78 is 1.90. The fourth-order valence-corrected chi connectivity index (χ4v) is 2.47. The van der Waals surface area contributed by atoms with Crippen molar-refractivity contribution < 1.29 is 9.36 Å². The Morgan fingerprint density at radius 1 is 1.00 bits per heavy atom. The van der Waals surface area contributed by atoms with E-state index in [0.717, 1.165) is 17.5 Å². The van der Waals surface area contributed by atoms with Crippen LogP contribution in [0, 0.1) is 0 Å². The first kappa shape index (κ1) is 14.3. The fraction of sp³-hybridized carbons (Fsp3) is 0.158. The number of anilines is 1. The summed E-state index contributed by atoms with van der Waals surface area (Å²) in [5.74, 6) is -0.0236. The van der Waals surface area contributed by atoms with E-state index in [4.69, 9.17) is 0 Å². The van der Waals surface area contributed by atoms with Crippen LogP contribution in [-0.4, -0.2) is 5.91 Å². The van der Waals surface area contributed by atoms with Crippen LogP contribution in [0.4, 0.5) is 5.69 Å². The minimum Gasteiger partial charge on any atom is -0.321 e. The molecule has 1 N–H and O–H groups in total. The van der Waals surface area contributed by atoms with E-state index in [2.05, 4.69) is 18.3 Å². The van der Waals surface area contributed by atoms with Crippen LogP contribution in [-0.2, 0) is 17.8 Å². The predicted octanol–water partition coefficient (Wildman–Crippen LogP) is 3.33. The highest BCUT2D eigenvalue weighted by molar-refractivity contribution is 5.89. The van der Waals surface area contributed by atoms with E-state index in [1.807, 2.05) is 65.5 Å². The van der Waals surface area contributed by atoms with Crippen LogP contribution in [0.1, 0.15) is 12.5 Å². The number of nitrogens with one attached hydrogen (secondary N) is 1. The molecule has 0 radical (unpaired) electrons. The standard InChI is InChI=1S/C19H18N2O/c1-2-15-7-9-18(10-8-15)20-19(22)14-21-12-11-16-5-3-4-6-17(16)13-21/h3-13H,2,14H2,1H3/p+1. The van der Waals surface area contributed by atoms with E-state index >= 15 is 0 Å². The summed E-state index contributed by atoms with van der Waals surface area (Å²) in [6.45, 7) is 2.42. The Labute approximate surface area is 130 Å². The number of carbonyl (C=O) groups is 1. The summed E-state index contributed by atoms with van der Waals surface area (Å²) in [5.41, 5.74) is 2.10. The van der Waals surface area contributed by atoms with Crippen LogP contribution < -0.4 is 9.88 Å². The van der Waals surface area contributed by atoms with Crippen molar-refractivity contribution in [1.82, 2.24) is 0 Å². The van der Waals surface area contributed by atoms with Gasteiger partial charge in [0.05, 0.1) is 0 Å². The third-order valence-electron chi connectivity index (χ3n) is 3.72. The van der Waals surface area contributed by atoms with Gasteiger partial charge in [-0.05, 0) is 35.6 Å². The van der Waals surface area contributed by atoms with E-state index in [1.165, 1.54) is 10.9 Å². The first-order valence-corrected chi connectivity index (χ1v) is 7.51. The van der Waals surface area contributed by atoms with E-state index in [-0.39, 0.29) is 5.91 Å². The first-order chi connectivity index (χ1) is 10.7. The maximum Gasteiger partial charge on any atom is 0.290 e. The van der Waals surface area contributed by atoms with E-state index < -0.39 is 0 Å². The van der Waals surface area contributed by atoms with Gasteiger partial charge >= 0.3 is 0 Å². The summed E-state index contributed by atoms with van der Waals surface area (Å²) in [5, 5.41) is 5.24. The summed E-state index contributed by atoms with van der Waals surface area (Å²) in [6, 6.07) is 18.1. The zero-order valence-corrected chi connectivity index (χ0v) is 12.6. The Balaban J connectivity index is 1.69. The van der Waals surface area contributed by atoms with E-state index in [9.17, 15) is 4.79 Å². The summed E-state index contributed by atoms with van der Waals surface area (Å²) in [7, 11) is 0. The molecule has 0 fully saturated rings. The van der Waals surface area contributed by atoms with Gasteiger partial charge in [0.15, 0.2) is 12.4 Å². The highest BCUT2D eigenvalue weighted by Gasteiger charge is 2.10. The molecule has 0 aliphatic rings. The Morgan fingerprint density at radius 2 is 1.73 bits per heavy atom. The molecule has 3 nitrogen and oxygen atoms in total. The molecule has 0 atom stereocenters. The molecule has 3 heteroatoms. The minimum atomic E-state index is -0.0236. The van der Waals surface area contributed by atoms with Crippen molar-refractivity contribution in [2.45, 2.75) is 19.9 Å². The lowest BCUT2D eigenvalue weighted by atomic mass is 10.1. The second-order valence-electron chi connectivity index (χ2n) is 5.34. The molecule has 0 spiro atoms. The summed E-state index contributed by atoms with van der Waals surface area (Å²) >= 11 is 0. The lowest BCUT2D eigenvalue weighted by molar-refractivity contribution is -0.682. The Kier molecular flexibility index (Phi) is 4.15. The van der Waals surface area contributed by atoms with Gasteiger partial charge in [-0.2, -0.15) is 4.57 Å². The van der Waals surface area contributed by atoms with Crippen LogP contribution >= 0.6 is 0 Å². The number of pyridine rings is 1. The van der Waals surface area contributed by atoms with Gasteiger partial charge in [0, 0.05) is 17.1 Å². The number of amides is 1. The SMILES string of the molecule is CCc1ccc(NC(=O)C[n+]2ccc3ccccc3c2)cc1. The van der Waals surface area contributed by atoms with Crippen LogP contribution in [0.5, 0.6) is 0 Å². The molecule has 0 aliphatic heterocycles. The summed E-state index contributed by atoms with van der Waals surface area (Å²) in [4.78, 5) is 12.1. The van der Waals surface area contributed by atoms with Gasteiger partial charge in [-0.3, -0.25) is 4.79 Å². The number of hydrogen-bond donors (Lipinski definition) is 1. The zero-order valence-electron chi connectivity index (χ0n) is 12.6. The Hall–Kier alpha value is -2.68. The van der Waals surface area contributed by atoms with Crippen molar-refractivity contribution in [3.8, 4) is 0 Å². The number of nitrogens with zero attached hydrogens (tertiary/aromatic N) is 1. The predicted molar refractivity (Wildman–Crippen MR) is 88.6 cm³/mol. The van der Waals surface area contributed by atoms with Gasteiger partial charge in [0.1, 0.15) is 0 Å². The first-order valence-electron chi connectivity index (χ1n) is 7.51. The third kappa shape index (κ3) is 3.31. The topological polar surface area (TPSA) is 33.0 Å². The second-order valence-corrected chi connectivity index (χ2v) is 5.34. The summed E-state index contributed by atoms with van der Waals surface area (Å²) in [6.07, 6.45) is 4.93. The van der Waals surface area contributed by atoms with Gasteiger partial charge in [-0.15, -0.1) is 0 Å². The number of fused-ring (bicyclic) bond motifs is 1. The molecule has 0 aliphatic carbocycles. The van der Waals surface area contributed by atoms with Crippen LogP contribution in [0.3, 0.4) is 0 Å². The molecule has 22 heavy (non-hydrogen) atoms. The zero-order chi connectivity index (χ0) is 15.4. The molecule has 1 heterocycles. The van der Waals surface area contributed by atoms with Gasteiger partial charge in [-0.25, -0.2) is 0 Å². The molecule has 0 saturated carbocycles. The van der Waals surface area contributed by atoms with Crippen LogP contribution in [0.2, 0.25) is 0 Å². The van der Waals surface area contributed by atoms with Gasteiger partial charge < -0.3 is 5.32 Å². The molecule has 3 aromatic rings. The largest absolute Gasteiger partial charge is 0.321 e. The monoisotopic (exact) mass is 291 g/mol. The Morgan fingerprint density at radius 3 is 2.45 bits per heavy atom. The van der Waals surface area contributed by atoms with Crippen molar-refractivity contribution in [2.75, 3.05) is 5.32 Å². The van der Waals surface area contributed by atoms with Gasteiger partial charge in [0.2, 0.25) is 6.54 Å². The number of benzene rings is 2. The Bertz CT molecular complexity index is 794. The maximum absolute atomic E-state index is 12.1. The maximum atomic E-state index is 12.1. The fourth-order valence-electron chi connectivity index (χ4n) is 2.47. The average Bonchev–Trinajstić information content (AvgIpc) is 2.55. The van der Waals surface area contributed by atoms with Crippen molar-refractivity contribution in [3.05, 3.63) is 72.6 Å². The third-order valence-corrected chi connectivity index (χ3v) is 3.72. The number of aromatic nitrogens is 1. The molecule has 0 unspecified atom stereocenters. The number of hydrogen-bond acceptors (Lipinski definition) is 1. The lowest BCUT2D eigenvalue weighted by Crippen LogP contribution is -2.39. The quantitative estimate of drug-likeness (QED) is 0.735. The van der Waals surface area contributed by atoms with Crippen molar-refractivity contribution >= 4 is 22.4 Å². The lowest BCUT2D eigenvalue weighted by Gasteiger charge is -2.04. The number of rotatable bonds is 4. The highest BCUT2D eigenvalue weighted by atomic mass is 16.1. The highest BCUT2D eigenvalue weighted by Crippen LogP contribution is 2.11. The molecule has 2 aromatic carbocycles. The molecular weight excluding hydrogens is 272 g/mol. The molecule has 1 amide bonds. The molecule has 0 saturated heterocycles. The number of aryl methyl sites for hydroxylation is 1. The number of carbonyl (C=O) groups excluding carboxylic acids is 1. The van der Waals surface area contributed by atoms with Crippen LogP contribution in [0.25, 0.3) is 10.8 Å². The smallest absolute Gasteiger partial charge is 0.290 e. The molecule has 110 valence electrons. The second kappa shape index (κ2) is 6.39. The van der Waals surface area contributed by atoms with Gasteiger partial charge in [0.25, 0.3) is 5.91 Å². The molecule has 0 bridgehead atoms. The molecular formula is C19H19N2O+. The van der Waals surface area contributed by atoms with Crippen molar-refractivity contribution in [2.24, 2.45) is 0 Å². The van der Waals surface area contributed by atoms with E-state index in [1.54, 1.807) is 0 Å². The molecule has 1 aromatic heterocycles. The van der Waals surface area contributed by atoms with Crippen molar-refractivity contribution in [1.29, 1.82) is 0 Å². The molecule has 3 rings (SSSR count). The van der Waals surface area contributed by atoms with Crippen LogP contribution in [0.15, 0.2) is 67.0 Å². The normalized spacial score (nSPS) is 10.6. The van der Waals surface area contributed by atoms with Crippen molar-refractivity contribution in [3.63, 3.8) is 0 Å². The average molecular weight is 291 g/mol. The minimum absolute atomic E-state index is 0.0236. The van der Waals surface area contributed by atoms with E-state index in [0.29, 0.717) is 6.54 Å². The van der Waals surface area contributed by atoms with Gasteiger partial charge in [-0.1, -0.05) is 37.3 Å².